The molecule has 1 heterocycles. The molecule has 0 fully saturated rings. The number of carbonyl (C=O) groups is 1. The van der Waals surface area contributed by atoms with E-state index < -0.39 is 0 Å². The van der Waals surface area contributed by atoms with Crippen LogP contribution in [0.4, 0.5) is 0 Å². The molecule has 3 nitrogen and oxygen atoms in total. The summed E-state index contributed by atoms with van der Waals surface area (Å²) in [6, 6.07) is 13.2. The zero-order chi connectivity index (χ0) is 18.0. The van der Waals surface area contributed by atoms with Gasteiger partial charge in [-0.2, -0.15) is 11.8 Å². The summed E-state index contributed by atoms with van der Waals surface area (Å²) in [5, 5.41) is 2.11. The number of halogens is 2. The number of rotatable bonds is 5. The Morgan fingerprint density at radius 1 is 1.20 bits per heavy atom. The van der Waals surface area contributed by atoms with Crippen LogP contribution in [0.25, 0.3) is 10.9 Å². The fraction of sp³-hybridized carbons (Fsp3) is 0.211. The topological polar surface area (TPSA) is 42.1 Å². The standard InChI is InChI=1S/C19H17Cl2NO2S/c1-3-24-19(23)17-16(14-10-13(21)7-8-15(14)22-17)18(25-2)11-5-4-6-12(20)9-11/h4-10,18,22H,3H2,1-2H3. The Morgan fingerprint density at radius 3 is 2.64 bits per heavy atom. The molecule has 0 amide bonds. The third-order valence-corrected chi connectivity index (χ3v) is 5.38. The zero-order valence-corrected chi connectivity index (χ0v) is 16.1. The van der Waals surface area contributed by atoms with Crippen LogP contribution in [-0.2, 0) is 4.74 Å². The van der Waals surface area contributed by atoms with Gasteiger partial charge in [-0.1, -0.05) is 35.3 Å². The fourth-order valence-corrected chi connectivity index (χ4v) is 4.18. The molecule has 1 N–H and O–H groups in total. The Kier molecular flexibility index (Phi) is 5.62. The van der Waals surface area contributed by atoms with E-state index >= 15 is 0 Å². The van der Waals surface area contributed by atoms with Gasteiger partial charge >= 0.3 is 5.97 Å². The molecule has 130 valence electrons. The van der Waals surface area contributed by atoms with Crippen LogP contribution in [0.15, 0.2) is 42.5 Å². The predicted octanol–water partition coefficient (Wildman–Crippen LogP) is 6.10. The Balaban J connectivity index is 2.25. The molecule has 0 bridgehead atoms. The predicted molar refractivity (Wildman–Crippen MR) is 106 cm³/mol. The fourth-order valence-electron chi connectivity index (χ4n) is 2.91. The first kappa shape index (κ1) is 18.2. The van der Waals surface area contributed by atoms with Crippen molar-refractivity contribution in [2.75, 3.05) is 12.9 Å². The van der Waals surface area contributed by atoms with Crippen LogP contribution in [0, 0.1) is 0 Å². The van der Waals surface area contributed by atoms with Crippen molar-refractivity contribution < 1.29 is 9.53 Å². The number of esters is 1. The van der Waals surface area contributed by atoms with Crippen LogP contribution in [0.2, 0.25) is 10.0 Å². The smallest absolute Gasteiger partial charge is 0.355 e. The van der Waals surface area contributed by atoms with Crippen molar-refractivity contribution in [3.05, 3.63) is 69.3 Å². The van der Waals surface area contributed by atoms with Crippen molar-refractivity contribution in [3.8, 4) is 0 Å². The lowest BCUT2D eigenvalue weighted by Crippen LogP contribution is -2.10. The normalized spacial score (nSPS) is 12.3. The SMILES string of the molecule is CCOC(=O)c1[nH]c2ccc(Cl)cc2c1C(SC)c1cccc(Cl)c1. The maximum absolute atomic E-state index is 12.5. The number of benzene rings is 2. The van der Waals surface area contributed by atoms with Crippen LogP contribution in [-0.4, -0.2) is 23.8 Å². The number of ether oxygens (including phenoxy) is 1. The molecule has 0 spiro atoms. The van der Waals surface area contributed by atoms with E-state index in [-0.39, 0.29) is 11.2 Å². The van der Waals surface area contributed by atoms with Gasteiger partial charge < -0.3 is 9.72 Å². The largest absolute Gasteiger partial charge is 0.461 e. The molecule has 6 heteroatoms. The van der Waals surface area contributed by atoms with E-state index in [0.717, 1.165) is 22.0 Å². The highest BCUT2D eigenvalue weighted by molar-refractivity contribution is 7.99. The minimum absolute atomic E-state index is 0.0784. The molecule has 1 aromatic heterocycles. The number of carbonyl (C=O) groups excluding carboxylic acids is 1. The first-order valence-electron chi connectivity index (χ1n) is 7.81. The minimum atomic E-state index is -0.370. The molecule has 25 heavy (non-hydrogen) atoms. The Bertz CT molecular complexity index is 923. The van der Waals surface area contributed by atoms with Crippen molar-refractivity contribution in [1.29, 1.82) is 0 Å². The molecule has 0 aliphatic carbocycles. The van der Waals surface area contributed by atoms with Gasteiger partial charge in [0.2, 0.25) is 0 Å². The van der Waals surface area contributed by atoms with E-state index in [1.165, 1.54) is 0 Å². The van der Waals surface area contributed by atoms with Gasteiger partial charge in [-0.15, -0.1) is 0 Å². The number of thioether (sulfide) groups is 1. The van der Waals surface area contributed by atoms with Crippen molar-refractivity contribution in [2.24, 2.45) is 0 Å². The highest BCUT2D eigenvalue weighted by atomic mass is 35.5. The second kappa shape index (κ2) is 7.73. The van der Waals surface area contributed by atoms with Gasteiger partial charge in [0.15, 0.2) is 0 Å². The molecule has 0 radical (unpaired) electrons. The van der Waals surface area contributed by atoms with Gasteiger partial charge in [0, 0.05) is 26.5 Å². The highest BCUT2D eigenvalue weighted by Gasteiger charge is 2.26. The van der Waals surface area contributed by atoms with E-state index in [1.807, 2.05) is 42.7 Å². The number of nitrogens with one attached hydrogen (secondary N) is 1. The van der Waals surface area contributed by atoms with Crippen LogP contribution in [0.1, 0.15) is 33.8 Å². The number of hydrogen-bond acceptors (Lipinski definition) is 3. The quantitative estimate of drug-likeness (QED) is 0.532. The average molecular weight is 394 g/mol. The zero-order valence-electron chi connectivity index (χ0n) is 13.8. The maximum Gasteiger partial charge on any atom is 0.355 e. The van der Waals surface area contributed by atoms with Gasteiger partial charge in [-0.3, -0.25) is 0 Å². The lowest BCUT2D eigenvalue weighted by molar-refractivity contribution is 0.0519. The average Bonchev–Trinajstić information content (AvgIpc) is 2.95. The van der Waals surface area contributed by atoms with Crippen LogP contribution in [0.3, 0.4) is 0 Å². The van der Waals surface area contributed by atoms with Gasteiger partial charge in [-0.25, -0.2) is 4.79 Å². The molecule has 0 saturated heterocycles. The Morgan fingerprint density at radius 2 is 1.96 bits per heavy atom. The van der Waals surface area contributed by atoms with Crippen LogP contribution < -0.4 is 0 Å². The van der Waals surface area contributed by atoms with E-state index in [0.29, 0.717) is 22.3 Å². The van der Waals surface area contributed by atoms with Crippen LogP contribution >= 0.6 is 35.0 Å². The lowest BCUT2D eigenvalue weighted by atomic mass is 10.0. The second-order valence-corrected chi connectivity index (χ2v) is 7.31. The summed E-state index contributed by atoms with van der Waals surface area (Å²) in [5.41, 5.74) is 3.19. The summed E-state index contributed by atoms with van der Waals surface area (Å²) >= 11 is 14.0. The molecule has 1 unspecified atom stereocenters. The summed E-state index contributed by atoms with van der Waals surface area (Å²) in [5.74, 6) is -0.370. The first-order chi connectivity index (χ1) is 12.0. The maximum atomic E-state index is 12.5. The van der Waals surface area contributed by atoms with Gasteiger partial charge in [0.05, 0.1) is 11.9 Å². The van der Waals surface area contributed by atoms with Crippen molar-refractivity contribution in [3.63, 3.8) is 0 Å². The molecule has 3 rings (SSSR count). The highest BCUT2D eigenvalue weighted by Crippen LogP contribution is 2.41. The number of H-pyrrole nitrogens is 1. The van der Waals surface area contributed by atoms with Crippen molar-refractivity contribution in [2.45, 2.75) is 12.2 Å². The number of fused-ring (bicyclic) bond motifs is 1. The number of hydrogen-bond donors (Lipinski definition) is 1. The Hall–Kier alpha value is -1.62. The minimum Gasteiger partial charge on any atom is -0.461 e. The molecular weight excluding hydrogens is 377 g/mol. The molecule has 1 atom stereocenters. The van der Waals surface area contributed by atoms with Crippen LogP contribution in [0.5, 0.6) is 0 Å². The molecule has 0 saturated carbocycles. The van der Waals surface area contributed by atoms with E-state index in [2.05, 4.69) is 4.98 Å². The first-order valence-corrected chi connectivity index (χ1v) is 9.86. The van der Waals surface area contributed by atoms with Gasteiger partial charge in [-0.05, 0) is 49.1 Å². The summed E-state index contributed by atoms with van der Waals surface area (Å²) in [7, 11) is 0. The third kappa shape index (κ3) is 3.66. The Labute approximate surface area is 160 Å². The molecule has 0 aliphatic rings. The monoisotopic (exact) mass is 393 g/mol. The van der Waals surface area contributed by atoms with E-state index in [9.17, 15) is 4.79 Å². The molecular formula is C19H17Cl2NO2S. The van der Waals surface area contributed by atoms with Crippen molar-refractivity contribution in [1.82, 2.24) is 4.98 Å². The number of aromatic amines is 1. The van der Waals surface area contributed by atoms with E-state index in [1.54, 1.807) is 24.8 Å². The summed E-state index contributed by atoms with van der Waals surface area (Å²) < 4.78 is 5.24. The molecule has 0 aliphatic heterocycles. The van der Waals surface area contributed by atoms with E-state index in [4.69, 9.17) is 27.9 Å². The number of aromatic nitrogens is 1. The summed E-state index contributed by atoms with van der Waals surface area (Å²) in [4.78, 5) is 15.7. The third-order valence-electron chi connectivity index (χ3n) is 3.93. The lowest BCUT2D eigenvalue weighted by Gasteiger charge is -2.17. The summed E-state index contributed by atoms with van der Waals surface area (Å²) in [6.45, 7) is 2.11. The summed E-state index contributed by atoms with van der Waals surface area (Å²) in [6.07, 6.45) is 2.00. The van der Waals surface area contributed by atoms with Gasteiger partial charge in [0.1, 0.15) is 5.69 Å². The second-order valence-electron chi connectivity index (χ2n) is 5.49. The van der Waals surface area contributed by atoms with Crippen molar-refractivity contribution >= 4 is 51.8 Å². The van der Waals surface area contributed by atoms with Gasteiger partial charge in [0.25, 0.3) is 0 Å². The molecule has 2 aromatic carbocycles. The molecule has 3 aromatic rings.